The van der Waals surface area contributed by atoms with Crippen molar-refractivity contribution >= 4 is 35.0 Å². The molecule has 0 bridgehead atoms. The van der Waals surface area contributed by atoms with E-state index in [0.29, 0.717) is 36.3 Å². The van der Waals surface area contributed by atoms with Gasteiger partial charge in [-0.25, -0.2) is 19.7 Å². The molecule has 0 aliphatic carbocycles. The maximum atomic E-state index is 13.7. The first-order chi connectivity index (χ1) is 18.7. The molecule has 0 spiro atoms. The number of hydrogen-bond donors (Lipinski definition) is 1. The molecular formula is C29H31N5O5. The van der Waals surface area contributed by atoms with E-state index in [4.69, 9.17) is 14.2 Å². The number of anilines is 4. The van der Waals surface area contributed by atoms with Crippen LogP contribution in [-0.4, -0.2) is 53.9 Å². The van der Waals surface area contributed by atoms with Gasteiger partial charge in [0.2, 0.25) is 5.91 Å². The van der Waals surface area contributed by atoms with E-state index in [1.165, 1.54) is 11.0 Å². The minimum atomic E-state index is -0.723. The number of pyridine rings is 2. The highest BCUT2D eigenvalue weighted by molar-refractivity contribution is 6.00. The van der Waals surface area contributed by atoms with Gasteiger partial charge in [-0.15, -0.1) is 0 Å². The van der Waals surface area contributed by atoms with Crippen molar-refractivity contribution in [2.75, 3.05) is 41.4 Å². The Morgan fingerprint density at radius 2 is 1.82 bits per heavy atom. The highest BCUT2D eigenvalue weighted by Crippen LogP contribution is 2.44. The van der Waals surface area contributed by atoms with E-state index in [9.17, 15) is 9.59 Å². The van der Waals surface area contributed by atoms with Crippen molar-refractivity contribution in [3.8, 4) is 16.9 Å². The van der Waals surface area contributed by atoms with Gasteiger partial charge >= 0.3 is 6.09 Å². The number of ether oxygens (including phenoxy) is 3. The maximum absolute atomic E-state index is 13.7. The molecule has 10 heteroatoms. The van der Waals surface area contributed by atoms with Crippen molar-refractivity contribution in [3.63, 3.8) is 0 Å². The van der Waals surface area contributed by atoms with Crippen LogP contribution in [0.1, 0.15) is 26.3 Å². The molecule has 2 aliphatic heterocycles. The quantitative estimate of drug-likeness (QED) is 0.467. The van der Waals surface area contributed by atoms with Gasteiger partial charge in [-0.2, -0.15) is 0 Å². The second-order valence-corrected chi connectivity index (χ2v) is 10.1. The summed E-state index contributed by atoms with van der Waals surface area (Å²) in [5.74, 6) is 1.06. The van der Waals surface area contributed by atoms with Gasteiger partial charge in [-0.3, -0.25) is 4.79 Å². The highest BCUT2D eigenvalue weighted by atomic mass is 16.6. The Balaban J connectivity index is 1.58. The summed E-state index contributed by atoms with van der Waals surface area (Å²) in [6.07, 6.45) is 3.98. The van der Waals surface area contributed by atoms with Crippen molar-refractivity contribution in [1.82, 2.24) is 9.97 Å². The van der Waals surface area contributed by atoms with Gasteiger partial charge < -0.3 is 24.4 Å². The van der Waals surface area contributed by atoms with Gasteiger partial charge in [0.1, 0.15) is 23.8 Å². The molecule has 1 fully saturated rings. The third-order valence-corrected chi connectivity index (χ3v) is 6.25. The molecular weight excluding hydrogens is 498 g/mol. The van der Waals surface area contributed by atoms with Crippen molar-refractivity contribution < 1.29 is 23.8 Å². The molecule has 2 aromatic heterocycles. The Labute approximate surface area is 227 Å². The number of morpholine rings is 1. The zero-order valence-corrected chi connectivity index (χ0v) is 22.3. The van der Waals surface area contributed by atoms with Crippen LogP contribution >= 0.6 is 0 Å². The number of aromatic nitrogens is 2. The van der Waals surface area contributed by atoms with Gasteiger partial charge in [0.15, 0.2) is 5.82 Å². The average Bonchev–Trinajstić information content (AvgIpc) is 3.09. The van der Waals surface area contributed by atoms with Gasteiger partial charge in [0.25, 0.3) is 0 Å². The number of benzene rings is 1. The second-order valence-electron chi connectivity index (χ2n) is 10.1. The molecule has 4 heterocycles. The van der Waals surface area contributed by atoms with Crippen LogP contribution in [0.2, 0.25) is 0 Å². The summed E-state index contributed by atoms with van der Waals surface area (Å²) in [4.78, 5) is 38.0. The summed E-state index contributed by atoms with van der Waals surface area (Å²) < 4.78 is 17.6. The van der Waals surface area contributed by atoms with Gasteiger partial charge in [-0.05, 0) is 62.7 Å². The SMILES string of the molecule is C=CC(=O)Nc1ccc(-c2ccc3c(c2)N(C(=O)OC(C)(C)C)c2nccc(N4CCOCC4)c2CO3)cn1. The van der Waals surface area contributed by atoms with E-state index in [1.807, 2.05) is 51.1 Å². The van der Waals surface area contributed by atoms with E-state index in [1.54, 1.807) is 18.5 Å². The molecule has 0 atom stereocenters. The molecule has 39 heavy (non-hydrogen) atoms. The lowest BCUT2D eigenvalue weighted by atomic mass is 10.1. The van der Waals surface area contributed by atoms with Crippen LogP contribution in [-0.2, 0) is 20.9 Å². The number of hydrogen-bond acceptors (Lipinski definition) is 8. The van der Waals surface area contributed by atoms with E-state index >= 15 is 0 Å². The lowest BCUT2D eigenvalue weighted by Gasteiger charge is -2.32. The molecule has 3 aromatic rings. The number of fused-ring (bicyclic) bond motifs is 2. The zero-order chi connectivity index (χ0) is 27.6. The standard InChI is InChI=1S/C29H31N5O5/c1-5-26(35)32-25-9-7-20(17-31-25)19-6-8-24-23(16-19)34(28(36)39-29(2,3)4)27-21(18-38-24)22(10-11-30-27)33-12-14-37-15-13-33/h5-11,16-17H,1,12-15,18H2,2-4H3,(H,31,32,35). The summed E-state index contributed by atoms with van der Waals surface area (Å²) in [5.41, 5.74) is 3.12. The molecule has 2 aliphatic rings. The summed E-state index contributed by atoms with van der Waals surface area (Å²) >= 11 is 0. The number of nitrogens with one attached hydrogen (secondary N) is 1. The molecule has 10 nitrogen and oxygen atoms in total. The smallest absolute Gasteiger partial charge is 0.420 e. The summed E-state index contributed by atoms with van der Waals surface area (Å²) in [6.45, 7) is 11.9. The van der Waals surface area contributed by atoms with Crippen molar-refractivity contribution in [2.24, 2.45) is 0 Å². The first-order valence-electron chi connectivity index (χ1n) is 12.7. The van der Waals surface area contributed by atoms with Crippen LogP contribution in [0.5, 0.6) is 5.75 Å². The van der Waals surface area contributed by atoms with Crippen LogP contribution in [0, 0.1) is 0 Å². The minimum absolute atomic E-state index is 0.237. The molecule has 1 aromatic carbocycles. The Morgan fingerprint density at radius 1 is 1.05 bits per heavy atom. The number of carbonyl (C=O) groups excluding carboxylic acids is 2. The van der Waals surface area contributed by atoms with E-state index < -0.39 is 11.7 Å². The number of rotatable bonds is 4. The fraction of sp³-hybridized carbons (Fsp3) is 0.310. The normalized spacial score (nSPS) is 14.8. The molecule has 0 saturated carbocycles. The predicted molar refractivity (Wildman–Crippen MR) is 148 cm³/mol. The Hall–Kier alpha value is -4.44. The third kappa shape index (κ3) is 5.70. The Kier molecular flexibility index (Phi) is 7.21. The topological polar surface area (TPSA) is 106 Å². The largest absolute Gasteiger partial charge is 0.486 e. The molecule has 0 radical (unpaired) electrons. The number of carbonyl (C=O) groups is 2. The van der Waals surface area contributed by atoms with Gasteiger partial charge in [0.05, 0.1) is 24.5 Å². The minimum Gasteiger partial charge on any atom is -0.486 e. The highest BCUT2D eigenvalue weighted by Gasteiger charge is 2.34. The van der Waals surface area contributed by atoms with E-state index in [2.05, 4.69) is 26.8 Å². The molecule has 1 saturated heterocycles. The Morgan fingerprint density at radius 3 is 2.51 bits per heavy atom. The average molecular weight is 530 g/mol. The van der Waals surface area contributed by atoms with Crippen molar-refractivity contribution in [3.05, 3.63) is 67.0 Å². The first-order valence-corrected chi connectivity index (χ1v) is 12.7. The fourth-order valence-corrected chi connectivity index (χ4v) is 4.47. The molecule has 5 rings (SSSR count). The van der Waals surface area contributed by atoms with Crippen LogP contribution < -0.4 is 19.9 Å². The number of nitrogens with zero attached hydrogens (tertiary/aromatic N) is 4. The van der Waals surface area contributed by atoms with Crippen molar-refractivity contribution in [2.45, 2.75) is 33.0 Å². The third-order valence-electron chi connectivity index (χ3n) is 6.25. The van der Waals surface area contributed by atoms with E-state index in [-0.39, 0.29) is 12.5 Å². The maximum Gasteiger partial charge on any atom is 0.420 e. The van der Waals surface area contributed by atoms with Crippen LogP contribution in [0.25, 0.3) is 11.1 Å². The van der Waals surface area contributed by atoms with Crippen molar-refractivity contribution in [1.29, 1.82) is 0 Å². The predicted octanol–water partition coefficient (Wildman–Crippen LogP) is 5.07. The second kappa shape index (κ2) is 10.7. The number of amides is 2. The summed E-state index contributed by atoms with van der Waals surface area (Å²) in [7, 11) is 0. The summed E-state index contributed by atoms with van der Waals surface area (Å²) in [6, 6.07) is 11.1. The lowest BCUT2D eigenvalue weighted by molar-refractivity contribution is -0.111. The molecule has 2 amide bonds. The van der Waals surface area contributed by atoms with Crippen LogP contribution in [0.3, 0.4) is 0 Å². The molecule has 1 N–H and O–H groups in total. The monoisotopic (exact) mass is 529 g/mol. The zero-order valence-electron chi connectivity index (χ0n) is 22.3. The van der Waals surface area contributed by atoms with E-state index in [0.717, 1.165) is 35.5 Å². The van der Waals surface area contributed by atoms with Gasteiger partial charge in [-0.1, -0.05) is 12.6 Å². The molecule has 202 valence electrons. The van der Waals surface area contributed by atoms with Crippen LogP contribution in [0.15, 0.2) is 61.4 Å². The summed E-state index contributed by atoms with van der Waals surface area (Å²) in [5, 5.41) is 2.64. The molecule has 0 unspecified atom stereocenters. The fourth-order valence-electron chi connectivity index (χ4n) is 4.47. The van der Waals surface area contributed by atoms with Gasteiger partial charge in [0, 0.05) is 36.7 Å². The first kappa shape index (κ1) is 26.2. The Bertz CT molecular complexity index is 1390. The van der Waals surface area contributed by atoms with Crippen LogP contribution in [0.4, 0.5) is 27.8 Å². The lowest BCUT2D eigenvalue weighted by Crippen LogP contribution is -2.38.